The Morgan fingerprint density at radius 3 is 2.53 bits per heavy atom. The van der Waals surface area contributed by atoms with E-state index in [4.69, 9.17) is 11.5 Å². The summed E-state index contributed by atoms with van der Waals surface area (Å²) >= 11 is 1.19. The molecule has 0 saturated carbocycles. The van der Waals surface area contributed by atoms with Crippen molar-refractivity contribution in [2.75, 3.05) is 0 Å². The molecule has 1 unspecified atom stereocenters. The van der Waals surface area contributed by atoms with E-state index in [1.54, 1.807) is 29.7 Å². The number of benzene rings is 1. The van der Waals surface area contributed by atoms with Gasteiger partial charge in [-0.05, 0) is 0 Å². The van der Waals surface area contributed by atoms with Gasteiger partial charge in [0.15, 0.2) is 0 Å². The van der Waals surface area contributed by atoms with Gasteiger partial charge >= 0.3 is 0 Å². The van der Waals surface area contributed by atoms with Crippen LogP contribution in [0.1, 0.15) is 10.4 Å². The van der Waals surface area contributed by atoms with Crippen LogP contribution in [0.3, 0.4) is 0 Å². The third-order valence-corrected chi connectivity index (χ3v) is 3.11. The molecule has 1 aliphatic rings. The molecular weight excluding hydrogens is 210 g/mol. The van der Waals surface area contributed by atoms with Gasteiger partial charge in [-0.2, -0.15) is 0 Å². The molecule has 4 nitrogen and oxygen atoms in total. The molecule has 5 N–H and O–H groups in total. The summed E-state index contributed by atoms with van der Waals surface area (Å²) in [6.07, 6.45) is 0. The number of nitrogens with one attached hydrogen (secondary N) is 1. The van der Waals surface area contributed by atoms with Gasteiger partial charge in [-0.1, -0.05) is 42.1 Å². The lowest BCUT2D eigenvalue weighted by Gasteiger charge is -2.22. The van der Waals surface area contributed by atoms with Crippen LogP contribution in [-0.4, -0.2) is 10.8 Å². The molecular formula is C10H11N3OS. The molecule has 1 aromatic carbocycles. The van der Waals surface area contributed by atoms with Crippen LogP contribution in [0.15, 0.2) is 41.6 Å². The van der Waals surface area contributed by atoms with Crippen LogP contribution in [-0.2, 0) is 0 Å². The zero-order valence-electron chi connectivity index (χ0n) is 7.94. The Labute approximate surface area is 91.7 Å². The Balaban J connectivity index is 2.23. The second kappa shape index (κ2) is 3.60. The molecule has 0 aliphatic carbocycles. The predicted molar refractivity (Wildman–Crippen MR) is 60.7 cm³/mol. The van der Waals surface area contributed by atoms with E-state index in [2.05, 4.69) is 5.32 Å². The molecule has 1 aromatic rings. The van der Waals surface area contributed by atoms with E-state index < -0.39 is 4.99 Å². The van der Waals surface area contributed by atoms with Gasteiger partial charge in [-0.25, -0.2) is 0 Å². The van der Waals surface area contributed by atoms with Crippen LogP contribution in [0.5, 0.6) is 0 Å². The highest BCUT2D eigenvalue weighted by Gasteiger charge is 2.38. The number of hydrogen-bond acceptors (Lipinski definition) is 5. The summed E-state index contributed by atoms with van der Waals surface area (Å²) in [5.41, 5.74) is 12.0. The molecule has 1 aliphatic heterocycles. The zero-order chi connectivity index (χ0) is 10.9. The van der Waals surface area contributed by atoms with Gasteiger partial charge in [0, 0.05) is 11.0 Å². The van der Waals surface area contributed by atoms with E-state index >= 15 is 0 Å². The molecule has 0 fully saturated rings. The molecule has 0 aromatic heterocycles. The maximum Gasteiger partial charge on any atom is 0.213 e. The highest BCUT2D eigenvalue weighted by atomic mass is 32.2. The van der Waals surface area contributed by atoms with Crippen molar-refractivity contribution >= 4 is 17.5 Å². The Morgan fingerprint density at radius 2 is 2.00 bits per heavy atom. The largest absolute Gasteiger partial charge is 0.385 e. The zero-order valence-corrected chi connectivity index (χ0v) is 8.75. The summed E-state index contributed by atoms with van der Waals surface area (Å²) in [6, 6.07) is 8.91. The van der Waals surface area contributed by atoms with Crippen LogP contribution in [0, 0.1) is 0 Å². The van der Waals surface area contributed by atoms with Crippen molar-refractivity contribution in [3.8, 4) is 0 Å². The maximum absolute atomic E-state index is 12.0. The average molecular weight is 221 g/mol. The van der Waals surface area contributed by atoms with Crippen LogP contribution < -0.4 is 16.8 Å². The quantitative estimate of drug-likeness (QED) is 0.636. The van der Waals surface area contributed by atoms with Gasteiger partial charge in [-0.15, -0.1) is 0 Å². The molecule has 1 heterocycles. The summed E-state index contributed by atoms with van der Waals surface area (Å²) in [7, 11) is 0. The smallest absolute Gasteiger partial charge is 0.213 e. The van der Waals surface area contributed by atoms with Crippen LogP contribution in [0.4, 0.5) is 0 Å². The van der Waals surface area contributed by atoms with Crippen molar-refractivity contribution in [3.63, 3.8) is 0 Å². The minimum absolute atomic E-state index is 0.176. The van der Waals surface area contributed by atoms with Crippen molar-refractivity contribution in [2.45, 2.75) is 4.99 Å². The molecule has 5 heteroatoms. The third kappa shape index (κ3) is 1.84. The first-order valence-corrected chi connectivity index (χ1v) is 5.30. The minimum atomic E-state index is -1.16. The summed E-state index contributed by atoms with van der Waals surface area (Å²) < 4.78 is 0. The third-order valence-electron chi connectivity index (χ3n) is 2.08. The number of ketones is 1. The van der Waals surface area contributed by atoms with Gasteiger partial charge in [0.2, 0.25) is 10.8 Å². The van der Waals surface area contributed by atoms with E-state index in [0.717, 1.165) is 0 Å². The molecule has 15 heavy (non-hydrogen) atoms. The van der Waals surface area contributed by atoms with Crippen molar-refractivity contribution in [1.29, 1.82) is 0 Å². The fraction of sp³-hybridized carbons (Fsp3) is 0.100. The number of rotatable bonds is 2. The van der Waals surface area contributed by atoms with E-state index in [0.29, 0.717) is 11.4 Å². The van der Waals surface area contributed by atoms with Gasteiger partial charge in [0.05, 0.1) is 0 Å². The van der Waals surface area contributed by atoms with Gasteiger partial charge in [-0.3, -0.25) is 10.5 Å². The Morgan fingerprint density at radius 1 is 1.33 bits per heavy atom. The lowest BCUT2D eigenvalue weighted by atomic mass is 10.1. The normalized spacial score (nSPS) is 24.5. The standard InChI is InChI=1S/C10H11N3OS/c11-8-6-15-10(12,13-8)9(14)7-4-2-1-3-5-7/h1-6,13H,11-12H2. The Kier molecular flexibility index (Phi) is 2.42. The molecule has 1 atom stereocenters. The van der Waals surface area contributed by atoms with Crippen LogP contribution in [0.25, 0.3) is 0 Å². The van der Waals surface area contributed by atoms with Gasteiger partial charge in [0.1, 0.15) is 5.82 Å². The lowest BCUT2D eigenvalue weighted by molar-refractivity contribution is 0.0933. The van der Waals surface area contributed by atoms with Crippen molar-refractivity contribution < 1.29 is 4.79 Å². The van der Waals surface area contributed by atoms with E-state index in [1.807, 2.05) is 6.07 Å². The van der Waals surface area contributed by atoms with Crippen molar-refractivity contribution in [2.24, 2.45) is 11.5 Å². The van der Waals surface area contributed by atoms with Crippen LogP contribution in [0.2, 0.25) is 0 Å². The molecule has 0 amide bonds. The first-order chi connectivity index (χ1) is 7.12. The van der Waals surface area contributed by atoms with Gasteiger partial charge < -0.3 is 11.1 Å². The SMILES string of the molecule is NC1=CSC(N)(C(=O)c2ccccc2)N1. The second-order valence-corrected chi connectivity index (χ2v) is 4.36. The van der Waals surface area contributed by atoms with Crippen LogP contribution >= 0.6 is 11.8 Å². The number of carbonyl (C=O) groups excluding carboxylic acids is 1. The van der Waals surface area contributed by atoms with E-state index in [-0.39, 0.29) is 5.78 Å². The van der Waals surface area contributed by atoms with Crippen molar-refractivity contribution in [1.82, 2.24) is 5.32 Å². The number of thioether (sulfide) groups is 1. The highest BCUT2D eigenvalue weighted by molar-refractivity contribution is 8.04. The lowest BCUT2D eigenvalue weighted by Crippen LogP contribution is -2.54. The first-order valence-electron chi connectivity index (χ1n) is 4.42. The fourth-order valence-electron chi connectivity index (χ4n) is 1.34. The predicted octanol–water partition coefficient (Wildman–Crippen LogP) is 0.576. The minimum Gasteiger partial charge on any atom is -0.385 e. The molecule has 2 rings (SSSR count). The number of Topliss-reactive ketones (excluding diaryl/α,β-unsaturated/α-hetero) is 1. The van der Waals surface area contributed by atoms with Crippen molar-refractivity contribution in [3.05, 3.63) is 47.1 Å². The van der Waals surface area contributed by atoms with E-state index in [9.17, 15) is 4.79 Å². The Bertz CT molecular complexity index is 418. The monoisotopic (exact) mass is 221 g/mol. The number of carbonyl (C=O) groups is 1. The first kappa shape index (κ1) is 10.1. The molecule has 0 bridgehead atoms. The molecule has 0 radical (unpaired) electrons. The Hall–Kier alpha value is -1.46. The topological polar surface area (TPSA) is 81.1 Å². The summed E-state index contributed by atoms with van der Waals surface area (Å²) in [5.74, 6) is 0.247. The summed E-state index contributed by atoms with van der Waals surface area (Å²) in [4.78, 5) is 10.9. The van der Waals surface area contributed by atoms with Gasteiger partial charge in [0.25, 0.3) is 0 Å². The molecule has 78 valence electrons. The van der Waals surface area contributed by atoms with E-state index in [1.165, 1.54) is 11.8 Å². The second-order valence-electron chi connectivity index (χ2n) is 3.25. The average Bonchev–Trinajstić information content (AvgIpc) is 2.60. The fourth-order valence-corrected chi connectivity index (χ4v) is 2.12. The maximum atomic E-state index is 12.0. The molecule has 0 spiro atoms. The number of hydrogen-bond donors (Lipinski definition) is 3. The highest BCUT2D eigenvalue weighted by Crippen LogP contribution is 2.28. The number of nitrogens with two attached hydrogens (primary N) is 2. The summed E-state index contributed by atoms with van der Waals surface area (Å²) in [6.45, 7) is 0. The molecule has 0 saturated heterocycles. The summed E-state index contributed by atoms with van der Waals surface area (Å²) in [5, 5.41) is 4.40.